The van der Waals surface area contributed by atoms with Crippen molar-refractivity contribution in [2.24, 2.45) is 0 Å². The van der Waals surface area contributed by atoms with Crippen LogP contribution in [0.15, 0.2) is 188 Å². The van der Waals surface area contributed by atoms with Gasteiger partial charge in [0.1, 0.15) is 11.0 Å². The first-order valence-electron chi connectivity index (χ1n) is 19.9. The van der Waals surface area contributed by atoms with Crippen molar-refractivity contribution in [3.05, 3.63) is 210 Å². The van der Waals surface area contributed by atoms with E-state index in [-0.39, 0.29) is 5.41 Å². The van der Waals surface area contributed by atoms with Crippen LogP contribution in [0.1, 0.15) is 35.1 Å². The minimum absolute atomic E-state index is 0.305. The Bertz CT molecular complexity index is 3340. The van der Waals surface area contributed by atoms with Crippen LogP contribution in [0.5, 0.6) is 0 Å². The maximum Gasteiger partial charge on any atom is 0.115 e. The van der Waals surface area contributed by atoms with Crippen molar-refractivity contribution in [1.82, 2.24) is 19.1 Å². The van der Waals surface area contributed by atoms with E-state index in [9.17, 15) is 0 Å². The number of pyridine rings is 2. The Morgan fingerprint density at radius 3 is 1.79 bits per heavy atom. The summed E-state index contributed by atoms with van der Waals surface area (Å²) < 4.78 is 4.78. The van der Waals surface area contributed by atoms with Gasteiger partial charge in [-0.1, -0.05) is 115 Å². The standard InChI is InChI=1S/C53H34N4/c1-5-15-42-37(11-1)38-12-2-6-16-43(38)53(42)44-17-7-3-14-41(44)49-45(53)30-29-40-39-13-4-8-18-46(39)57(52(40)49)36-27-23-34(24-28-36)33-21-25-35(26-22-33)56-47-19-9-31-54-50(47)51-48(56)20-10-32-55-51/h1-5,7-15,17-32H,6,16H2. The van der Waals surface area contributed by atoms with E-state index >= 15 is 0 Å². The molecule has 4 aromatic heterocycles. The zero-order valence-electron chi connectivity index (χ0n) is 31.0. The maximum absolute atomic E-state index is 4.67. The zero-order chi connectivity index (χ0) is 37.2. The van der Waals surface area contributed by atoms with E-state index in [0.717, 1.165) is 46.3 Å². The van der Waals surface area contributed by atoms with Gasteiger partial charge < -0.3 is 9.13 Å². The quantitative estimate of drug-likeness (QED) is 0.182. The van der Waals surface area contributed by atoms with Crippen molar-refractivity contribution in [2.45, 2.75) is 18.3 Å². The molecule has 4 heteroatoms. The van der Waals surface area contributed by atoms with E-state index in [1.54, 1.807) is 5.57 Å². The van der Waals surface area contributed by atoms with Crippen LogP contribution >= 0.6 is 0 Å². The second-order valence-electron chi connectivity index (χ2n) is 15.6. The van der Waals surface area contributed by atoms with Gasteiger partial charge in [0.25, 0.3) is 0 Å². The minimum Gasteiger partial charge on any atom is -0.309 e. The molecule has 1 unspecified atom stereocenters. The van der Waals surface area contributed by atoms with Crippen LogP contribution in [0.2, 0.25) is 0 Å². The Morgan fingerprint density at radius 2 is 1.07 bits per heavy atom. The summed E-state index contributed by atoms with van der Waals surface area (Å²) in [5.41, 5.74) is 22.0. The Morgan fingerprint density at radius 1 is 0.474 bits per heavy atom. The SMILES string of the molecule is C1=CC2=C(CC1)C1(c3ccccc32)c2ccccc2-c2c1ccc1c3ccccc3n(-c3ccc(-c4ccc(-n5c6cccnc6c6ncccc65)cc4)cc3)c21. The molecule has 0 saturated carbocycles. The second kappa shape index (κ2) is 11.4. The number of rotatable bonds is 3. The van der Waals surface area contributed by atoms with Crippen molar-refractivity contribution in [2.75, 3.05) is 0 Å². The lowest BCUT2D eigenvalue weighted by Gasteiger charge is -2.33. The highest BCUT2D eigenvalue weighted by atomic mass is 15.0. The van der Waals surface area contributed by atoms with Gasteiger partial charge in [-0.25, -0.2) is 0 Å². The zero-order valence-corrected chi connectivity index (χ0v) is 31.0. The summed E-state index contributed by atoms with van der Waals surface area (Å²) >= 11 is 0. The van der Waals surface area contributed by atoms with Crippen LogP contribution in [-0.2, 0) is 5.41 Å². The molecule has 4 nitrogen and oxygen atoms in total. The summed E-state index contributed by atoms with van der Waals surface area (Å²) in [6.07, 6.45) is 10.6. The Kier molecular flexibility index (Phi) is 6.18. The molecule has 0 amide bonds. The lowest BCUT2D eigenvalue weighted by atomic mass is 9.68. The molecule has 1 spiro atoms. The van der Waals surface area contributed by atoms with Gasteiger partial charge in [-0.2, -0.15) is 0 Å². The van der Waals surface area contributed by atoms with E-state index in [2.05, 4.69) is 177 Å². The second-order valence-corrected chi connectivity index (χ2v) is 15.6. The van der Waals surface area contributed by atoms with E-state index in [1.807, 2.05) is 24.5 Å². The molecular weight excluding hydrogens is 693 g/mol. The first kappa shape index (κ1) is 31.0. The number of nitrogens with zero attached hydrogens (tertiary/aromatic N) is 4. The third-order valence-electron chi connectivity index (χ3n) is 12.9. The fourth-order valence-corrected chi connectivity index (χ4v) is 10.7. The summed E-state index contributed by atoms with van der Waals surface area (Å²) in [6, 6.07) is 58.4. The molecule has 0 bridgehead atoms. The smallest absolute Gasteiger partial charge is 0.115 e. The van der Waals surface area contributed by atoms with Gasteiger partial charge in [-0.05, 0) is 118 Å². The minimum atomic E-state index is -0.305. The molecule has 0 saturated heterocycles. The maximum atomic E-state index is 4.67. The third kappa shape index (κ3) is 3.96. The molecule has 57 heavy (non-hydrogen) atoms. The molecule has 0 radical (unpaired) electrons. The van der Waals surface area contributed by atoms with Gasteiger partial charge in [0.05, 0.1) is 27.5 Å². The van der Waals surface area contributed by atoms with Crippen LogP contribution in [0.3, 0.4) is 0 Å². The molecular formula is C53H34N4. The van der Waals surface area contributed by atoms with Crippen molar-refractivity contribution in [1.29, 1.82) is 0 Å². The Balaban J connectivity index is 0.985. The third-order valence-corrected chi connectivity index (χ3v) is 12.9. The van der Waals surface area contributed by atoms with Crippen LogP contribution in [0, 0.1) is 0 Å². The predicted octanol–water partition coefficient (Wildman–Crippen LogP) is 12.8. The normalized spacial score (nSPS) is 16.6. The Labute approximate surface area is 329 Å². The molecule has 0 N–H and O–H groups in total. The molecule has 13 rings (SSSR count). The van der Waals surface area contributed by atoms with Crippen molar-refractivity contribution in [3.8, 4) is 33.6 Å². The predicted molar refractivity (Wildman–Crippen MR) is 233 cm³/mol. The largest absolute Gasteiger partial charge is 0.309 e. The Hall–Kier alpha value is -7.30. The summed E-state index contributed by atoms with van der Waals surface area (Å²) in [6.45, 7) is 0. The van der Waals surface area contributed by atoms with Crippen molar-refractivity contribution in [3.63, 3.8) is 0 Å². The summed E-state index contributed by atoms with van der Waals surface area (Å²) in [7, 11) is 0. The van der Waals surface area contributed by atoms with Gasteiger partial charge >= 0.3 is 0 Å². The summed E-state index contributed by atoms with van der Waals surface area (Å²) in [5.74, 6) is 0. The number of allylic oxidation sites excluding steroid dienone is 4. The molecule has 6 aromatic carbocycles. The van der Waals surface area contributed by atoms with E-state index in [0.29, 0.717) is 0 Å². The van der Waals surface area contributed by atoms with Gasteiger partial charge in [-0.3, -0.25) is 9.97 Å². The number of para-hydroxylation sites is 1. The van der Waals surface area contributed by atoms with Gasteiger partial charge in [0.2, 0.25) is 0 Å². The molecule has 3 aliphatic rings. The summed E-state index contributed by atoms with van der Waals surface area (Å²) in [4.78, 5) is 9.34. The molecule has 266 valence electrons. The number of hydrogen-bond acceptors (Lipinski definition) is 2. The van der Waals surface area contributed by atoms with E-state index in [1.165, 1.54) is 71.9 Å². The lowest BCUT2D eigenvalue weighted by Crippen LogP contribution is -2.27. The molecule has 3 aliphatic carbocycles. The van der Waals surface area contributed by atoms with Crippen LogP contribution < -0.4 is 0 Å². The monoisotopic (exact) mass is 726 g/mol. The number of benzene rings is 6. The average molecular weight is 727 g/mol. The number of hydrogen-bond donors (Lipinski definition) is 0. The number of aromatic nitrogens is 4. The first-order valence-corrected chi connectivity index (χ1v) is 19.9. The van der Waals surface area contributed by atoms with Crippen molar-refractivity contribution >= 4 is 49.4 Å². The average Bonchev–Trinajstić information content (AvgIpc) is 3.99. The van der Waals surface area contributed by atoms with Crippen LogP contribution in [0.25, 0.3) is 83.1 Å². The highest BCUT2D eigenvalue weighted by Gasteiger charge is 2.53. The number of fused-ring (bicyclic) bond motifs is 16. The fourth-order valence-electron chi connectivity index (χ4n) is 10.7. The molecule has 10 aromatic rings. The van der Waals surface area contributed by atoms with Crippen LogP contribution in [-0.4, -0.2) is 19.1 Å². The highest BCUT2D eigenvalue weighted by Crippen LogP contribution is 2.64. The summed E-state index contributed by atoms with van der Waals surface area (Å²) in [5, 5.41) is 2.56. The van der Waals surface area contributed by atoms with Gasteiger partial charge in [0.15, 0.2) is 0 Å². The molecule has 0 fully saturated rings. The molecule has 1 atom stereocenters. The fraction of sp³-hybridized carbons (Fsp3) is 0.0566. The lowest BCUT2D eigenvalue weighted by molar-refractivity contribution is 0.714. The van der Waals surface area contributed by atoms with Gasteiger partial charge in [0, 0.05) is 40.1 Å². The molecule has 0 aliphatic heterocycles. The van der Waals surface area contributed by atoms with E-state index < -0.39 is 0 Å². The van der Waals surface area contributed by atoms with Crippen molar-refractivity contribution < 1.29 is 0 Å². The first-order chi connectivity index (χ1) is 28.3. The topological polar surface area (TPSA) is 35.6 Å². The van der Waals surface area contributed by atoms with Gasteiger partial charge in [-0.15, -0.1) is 0 Å². The highest BCUT2D eigenvalue weighted by molar-refractivity contribution is 6.16. The van der Waals surface area contributed by atoms with E-state index in [4.69, 9.17) is 0 Å². The van der Waals surface area contributed by atoms with Crippen LogP contribution in [0.4, 0.5) is 0 Å². The molecule has 4 heterocycles.